The minimum atomic E-state index is -0.219. The standard InChI is InChI=1S/C8H16N2OS/c1-8(2,3)11-7(12)10-6-4-5(6)9/h5-6H,4,9H2,1-3H3,(H,10,12)/t5-,6+/m0/s1. The highest BCUT2D eigenvalue weighted by Gasteiger charge is 2.34. The first-order chi connectivity index (χ1) is 5.38. The largest absolute Gasteiger partial charge is 0.465 e. The fourth-order valence-electron chi connectivity index (χ4n) is 0.840. The summed E-state index contributed by atoms with van der Waals surface area (Å²) in [6, 6.07) is 0.589. The molecule has 0 spiro atoms. The van der Waals surface area contributed by atoms with Crippen molar-refractivity contribution in [2.24, 2.45) is 5.73 Å². The van der Waals surface area contributed by atoms with E-state index < -0.39 is 0 Å². The predicted molar refractivity (Wildman–Crippen MR) is 53.0 cm³/mol. The van der Waals surface area contributed by atoms with E-state index in [4.69, 9.17) is 22.7 Å². The van der Waals surface area contributed by atoms with Crippen LogP contribution in [0.15, 0.2) is 0 Å². The van der Waals surface area contributed by atoms with E-state index >= 15 is 0 Å². The second-order valence-corrected chi connectivity index (χ2v) is 4.52. The van der Waals surface area contributed by atoms with Crippen molar-refractivity contribution < 1.29 is 4.74 Å². The number of hydrogen-bond donors (Lipinski definition) is 2. The SMILES string of the molecule is CC(C)(C)OC(=S)N[C@@H]1C[C@@H]1N. The molecule has 1 fully saturated rings. The summed E-state index contributed by atoms with van der Waals surface area (Å²) in [7, 11) is 0. The Morgan fingerprint density at radius 3 is 2.42 bits per heavy atom. The maximum Gasteiger partial charge on any atom is 0.257 e. The maximum absolute atomic E-state index is 5.60. The molecule has 0 unspecified atom stereocenters. The summed E-state index contributed by atoms with van der Waals surface area (Å²) in [4.78, 5) is 0. The van der Waals surface area contributed by atoms with E-state index in [1.165, 1.54) is 0 Å². The molecule has 0 aliphatic heterocycles. The molecule has 2 atom stereocenters. The first kappa shape index (κ1) is 9.74. The summed E-state index contributed by atoms with van der Waals surface area (Å²) in [6.07, 6.45) is 0.994. The Bertz CT molecular complexity index is 188. The highest BCUT2D eigenvalue weighted by molar-refractivity contribution is 7.80. The molecule has 12 heavy (non-hydrogen) atoms. The van der Waals surface area contributed by atoms with Crippen molar-refractivity contribution in [1.29, 1.82) is 0 Å². The van der Waals surface area contributed by atoms with Gasteiger partial charge in [0, 0.05) is 12.1 Å². The average molecular weight is 188 g/mol. The third kappa shape index (κ3) is 3.36. The van der Waals surface area contributed by atoms with Gasteiger partial charge in [-0.2, -0.15) is 0 Å². The van der Waals surface area contributed by atoms with Crippen molar-refractivity contribution in [1.82, 2.24) is 5.32 Å². The highest BCUT2D eigenvalue weighted by Crippen LogP contribution is 2.18. The summed E-state index contributed by atoms with van der Waals surface area (Å²) in [5.74, 6) is 0. The molecule has 0 aromatic carbocycles. The molecule has 0 aromatic heterocycles. The number of nitrogens with one attached hydrogen (secondary N) is 1. The van der Waals surface area contributed by atoms with E-state index in [9.17, 15) is 0 Å². The van der Waals surface area contributed by atoms with E-state index in [2.05, 4.69) is 5.32 Å². The Morgan fingerprint density at radius 2 is 2.08 bits per heavy atom. The van der Waals surface area contributed by atoms with Crippen molar-refractivity contribution in [2.45, 2.75) is 44.9 Å². The van der Waals surface area contributed by atoms with Crippen LogP contribution in [-0.2, 0) is 4.74 Å². The van der Waals surface area contributed by atoms with Gasteiger partial charge in [0.15, 0.2) is 0 Å². The number of ether oxygens (including phenoxy) is 1. The molecular formula is C8H16N2OS. The number of hydrogen-bond acceptors (Lipinski definition) is 3. The molecule has 1 aliphatic rings. The number of nitrogens with two attached hydrogens (primary N) is 1. The van der Waals surface area contributed by atoms with Crippen molar-refractivity contribution in [3.63, 3.8) is 0 Å². The lowest BCUT2D eigenvalue weighted by atomic mass is 10.2. The molecule has 0 heterocycles. The third-order valence-electron chi connectivity index (χ3n) is 1.54. The van der Waals surface area contributed by atoms with Crippen LogP contribution >= 0.6 is 12.2 Å². The monoisotopic (exact) mass is 188 g/mol. The molecule has 1 rings (SSSR count). The highest BCUT2D eigenvalue weighted by atomic mass is 32.1. The Balaban J connectivity index is 2.21. The van der Waals surface area contributed by atoms with Crippen molar-refractivity contribution in [3.05, 3.63) is 0 Å². The second kappa shape index (κ2) is 3.18. The van der Waals surface area contributed by atoms with E-state index in [0.717, 1.165) is 6.42 Å². The smallest absolute Gasteiger partial charge is 0.257 e. The quantitative estimate of drug-likeness (QED) is 0.597. The molecule has 3 nitrogen and oxygen atoms in total. The molecule has 1 aliphatic carbocycles. The summed E-state index contributed by atoms with van der Waals surface area (Å²) >= 11 is 4.98. The van der Waals surface area contributed by atoms with Gasteiger partial charge in [-0.1, -0.05) is 0 Å². The minimum absolute atomic E-state index is 0.219. The maximum atomic E-state index is 5.60. The van der Waals surface area contributed by atoms with E-state index in [1.807, 2.05) is 20.8 Å². The Labute approximate surface area is 78.7 Å². The average Bonchev–Trinajstić information content (AvgIpc) is 2.40. The zero-order chi connectivity index (χ0) is 9.35. The lowest BCUT2D eigenvalue weighted by Crippen LogP contribution is -2.35. The molecule has 0 aromatic rings. The summed E-state index contributed by atoms with van der Waals surface area (Å²) in [6.45, 7) is 5.90. The molecule has 0 radical (unpaired) electrons. The summed E-state index contributed by atoms with van der Waals surface area (Å²) in [5.41, 5.74) is 5.38. The fraction of sp³-hybridized carbons (Fsp3) is 0.875. The summed E-state index contributed by atoms with van der Waals surface area (Å²) in [5, 5.41) is 3.50. The lowest BCUT2D eigenvalue weighted by molar-refractivity contribution is 0.114. The molecule has 0 bridgehead atoms. The molecule has 3 N–H and O–H groups in total. The fourth-order valence-corrected chi connectivity index (χ4v) is 1.24. The van der Waals surface area contributed by atoms with Crippen molar-refractivity contribution in [2.75, 3.05) is 0 Å². The van der Waals surface area contributed by atoms with Gasteiger partial charge in [-0.25, -0.2) is 0 Å². The minimum Gasteiger partial charge on any atom is -0.465 e. The van der Waals surface area contributed by atoms with Gasteiger partial charge in [0.25, 0.3) is 5.17 Å². The van der Waals surface area contributed by atoms with Crippen LogP contribution < -0.4 is 11.1 Å². The normalized spacial score (nSPS) is 28.0. The zero-order valence-corrected chi connectivity index (χ0v) is 8.57. The van der Waals surface area contributed by atoms with Crippen LogP contribution in [0, 0.1) is 0 Å². The van der Waals surface area contributed by atoms with Gasteiger partial charge in [-0.05, 0) is 39.4 Å². The van der Waals surface area contributed by atoms with E-state index in [0.29, 0.717) is 11.2 Å². The van der Waals surface area contributed by atoms with Crippen molar-refractivity contribution >= 4 is 17.4 Å². The van der Waals surface area contributed by atoms with Gasteiger partial charge in [-0.3, -0.25) is 0 Å². The predicted octanol–water partition coefficient (Wildman–Crippen LogP) is 0.776. The van der Waals surface area contributed by atoms with Gasteiger partial charge in [-0.15, -0.1) is 0 Å². The second-order valence-electron chi connectivity index (χ2n) is 4.15. The van der Waals surface area contributed by atoms with Gasteiger partial charge >= 0.3 is 0 Å². The Hall–Kier alpha value is -0.350. The van der Waals surface area contributed by atoms with Crippen LogP contribution in [0.3, 0.4) is 0 Å². The Morgan fingerprint density at radius 1 is 1.58 bits per heavy atom. The van der Waals surface area contributed by atoms with Gasteiger partial charge < -0.3 is 15.8 Å². The van der Waals surface area contributed by atoms with Gasteiger partial charge in [0.1, 0.15) is 5.60 Å². The molecular weight excluding hydrogens is 172 g/mol. The van der Waals surface area contributed by atoms with Crippen LogP contribution in [0.1, 0.15) is 27.2 Å². The van der Waals surface area contributed by atoms with Crippen LogP contribution in [0.25, 0.3) is 0 Å². The molecule has 0 amide bonds. The Kier molecular flexibility index (Phi) is 2.58. The van der Waals surface area contributed by atoms with Crippen LogP contribution in [-0.4, -0.2) is 22.9 Å². The van der Waals surface area contributed by atoms with Crippen LogP contribution in [0.5, 0.6) is 0 Å². The van der Waals surface area contributed by atoms with E-state index in [1.54, 1.807) is 0 Å². The van der Waals surface area contributed by atoms with Crippen LogP contribution in [0.4, 0.5) is 0 Å². The lowest BCUT2D eigenvalue weighted by Gasteiger charge is -2.21. The topological polar surface area (TPSA) is 47.3 Å². The third-order valence-corrected chi connectivity index (χ3v) is 1.74. The molecule has 0 saturated heterocycles. The zero-order valence-electron chi connectivity index (χ0n) is 7.76. The molecule has 1 saturated carbocycles. The van der Waals surface area contributed by atoms with Crippen LogP contribution in [0.2, 0.25) is 0 Å². The van der Waals surface area contributed by atoms with Crippen molar-refractivity contribution in [3.8, 4) is 0 Å². The first-order valence-electron chi connectivity index (χ1n) is 4.13. The first-order valence-corrected chi connectivity index (χ1v) is 4.54. The van der Waals surface area contributed by atoms with E-state index in [-0.39, 0.29) is 11.6 Å². The summed E-state index contributed by atoms with van der Waals surface area (Å²) < 4.78 is 5.40. The number of thiocarbonyl (C=S) groups is 1. The number of rotatable bonds is 1. The molecule has 4 heteroatoms. The van der Waals surface area contributed by atoms with Gasteiger partial charge in [0.05, 0.1) is 0 Å². The molecule has 70 valence electrons. The van der Waals surface area contributed by atoms with Gasteiger partial charge in [0.2, 0.25) is 0 Å².